The number of nitrogens with zero attached hydrogens (tertiary/aromatic N) is 3. The van der Waals surface area contributed by atoms with Gasteiger partial charge in [-0.05, 0) is 158 Å². The Morgan fingerprint density at radius 2 is 0.848 bits per heavy atom. The van der Waals surface area contributed by atoms with Crippen molar-refractivity contribution in [1.82, 2.24) is 14.7 Å². The van der Waals surface area contributed by atoms with Gasteiger partial charge in [-0.1, -0.05) is 113 Å². The van der Waals surface area contributed by atoms with Gasteiger partial charge in [0, 0.05) is 84.0 Å². The third kappa shape index (κ3) is 25.4. The molecular formula is C61H99N3Y2-4. The minimum Gasteiger partial charge on any atom is -0.344 e. The summed E-state index contributed by atoms with van der Waals surface area (Å²) in [5.74, 6) is 6.62. The predicted molar refractivity (Wildman–Crippen MR) is 286 cm³/mol. The van der Waals surface area contributed by atoms with E-state index in [1.165, 1.54) is 128 Å². The molecule has 1 saturated carbocycles. The Hall–Kier alpha value is -0.772. The quantitative estimate of drug-likeness (QED) is 0.219. The van der Waals surface area contributed by atoms with Crippen LogP contribution in [0.15, 0.2) is 85.0 Å². The van der Waals surface area contributed by atoms with Gasteiger partial charge in [0.2, 0.25) is 0 Å². The van der Waals surface area contributed by atoms with Crippen LogP contribution in [0.2, 0.25) is 0 Å². The van der Waals surface area contributed by atoms with Crippen molar-refractivity contribution < 1.29 is 65.4 Å². The molecule has 7 aliphatic heterocycles. The maximum Gasteiger partial charge on any atom is 0.00963 e. The van der Waals surface area contributed by atoms with Crippen LogP contribution in [0.1, 0.15) is 164 Å². The van der Waals surface area contributed by atoms with E-state index >= 15 is 0 Å². The second-order valence-corrected chi connectivity index (χ2v) is 17.4. The molecule has 0 spiro atoms. The van der Waals surface area contributed by atoms with Crippen LogP contribution in [0.4, 0.5) is 0 Å². The first-order valence-corrected chi connectivity index (χ1v) is 26.7. The molecule has 3 nitrogen and oxygen atoms in total. The van der Waals surface area contributed by atoms with E-state index in [-0.39, 0.29) is 65.4 Å². The number of hydrogen-bond donors (Lipinski definition) is 0. The molecule has 7 saturated heterocycles. The summed E-state index contributed by atoms with van der Waals surface area (Å²) in [7, 11) is 2.27. The number of fused-ring (bicyclic) bond motifs is 11. The molecule has 11 aliphatic rings. The summed E-state index contributed by atoms with van der Waals surface area (Å²) in [5, 5.41) is 0. The van der Waals surface area contributed by atoms with Crippen molar-refractivity contribution in [2.45, 2.75) is 165 Å². The average Bonchev–Trinajstić information content (AvgIpc) is 4.33. The van der Waals surface area contributed by atoms with Crippen LogP contribution in [0.25, 0.3) is 12.2 Å². The van der Waals surface area contributed by atoms with E-state index < -0.39 is 0 Å². The zero-order valence-electron chi connectivity index (χ0n) is 44.8. The molecule has 7 heterocycles. The van der Waals surface area contributed by atoms with Crippen LogP contribution in [-0.2, 0) is 65.4 Å². The fraction of sp³-hybridized carbons (Fsp3) is 0.639. The topological polar surface area (TPSA) is 9.72 Å². The van der Waals surface area contributed by atoms with Crippen molar-refractivity contribution in [3.05, 3.63) is 121 Å². The van der Waals surface area contributed by atoms with E-state index in [4.69, 9.17) is 13.2 Å². The second kappa shape index (κ2) is 43.1. The molecular weight excluding hydrogens is 953 g/mol. The second-order valence-electron chi connectivity index (χ2n) is 17.4. The number of benzene rings is 2. The smallest absolute Gasteiger partial charge is 0.00963 e. The molecule has 2 unspecified atom stereocenters. The first-order valence-electron chi connectivity index (χ1n) is 26.7. The summed E-state index contributed by atoms with van der Waals surface area (Å²) in [6, 6.07) is 23.0. The van der Waals surface area contributed by atoms with Gasteiger partial charge in [0.25, 0.3) is 0 Å². The Morgan fingerprint density at radius 3 is 0.970 bits per heavy atom. The van der Waals surface area contributed by atoms with Crippen molar-refractivity contribution in [3.8, 4) is 0 Å². The summed E-state index contributed by atoms with van der Waals surface area (Å²) in [4.78, 5) is 7.70. The Kier molecular flexibility index (Phi) is 43.9. The summed E-state index contributed by atoms with van der Waals surface area (Å²) >= 11 is 0. The van der Waals surface area contributed by atoms with E-state index in [2.05, 4.69) is 77.3 Å². The van der Waals surface area contributed by atoms with Crippen LogP contribution in [0.5, 0.6) is 0 Å². The Morgan fingerprint density at radius 1 is 0.485 bits per heavy atom. The number of rotatable bonds is 2. The fourth-order valence-corrected chi connectivity index (χ4v) is 10.1. The summed E-state index contributed by atoms with van der Waals surface area (Å²) in [6.45, 7) is 41.1. The van der Waals surface area contributed by atoms with E-state index in [0.717, 1.165) is 64.6 Å². The molecule has 13 rings (SSSR count). The van der Waals surface area contributed by atoms with Crippen LogP contribution in [0, 0.1) is 66.7 Å². The zero-order chi connectivity index (χ0) is 47.5. The SMILES string of the molecule is C1=CC2CCC1C2.C1CN2CCC1C2.C1CN2CCC1CC2.CC.CC.CC.CC.CC.CC1C2C=CC1C=C2.CN1C2CCC1CC2.[CH-]=Cc1[c-]cccc1.[CH-]=Cc1[c-]cccc1.[Y].[Y]. The molecule has 2 aromatic rings. The summed E-state index contributed by atoms with van der Waals surface area (Å²) < 4.78 is 0. The third-order valence-electron chi connectivity index (χ3n) is 13.9. The Labute approximate surface area is 462 Å². The van der Waals surface area contributed by atoms with Gasteiger partial charge in [0.1, 0.15) is 0 Å². The zero-order valence-corrected chi connectivity index (χ0v) is 50.5. The molecule has 0 N–H and O–H groups in total. The predicted octanol–water partition coefficient (Wildman–Crippen LogP) is 16.0. The molecule has 2 aromatic carbocycles. The Balaban J connectivity index is 0. The molecule has 368 valence electrons. The number of piperidine rings is 4. The first-order chi connectivity index (χ1) is 31.5. The van der Waals surface area contributed by atoms with E-state index in [1.807, 2.05) is 118 Å². The maximum absolute atomic E-state index is 5.19. The van der Waals surface area contributed by atoms with Gasteiger partial charge in [-0.15, -0.1) is 12.1 Å². The van der Waals surface area contributed by atoms with Gasteiger partial charge in [-0.2, -0.15) is 24.3 Å². The van der Waals surface area contributed by atoms with Crippen molar-refractivity contribution in [2.24, 2.45) is 41.4 Å². The maximum atomic E-state index is 5.19. The minimum absolute atomic E-state index is 0. The molecule has 4 aliphatic carbocycles. The number of hydrogen-bond acceptors (Lipinski definition) is 3. The summed E-state index contributed by atoms with van der Waals surface area (Å²) in [6.07, 6.45) is 34.8. The molecule has 5 heteroatoms. The molecule has 0 amide bonds. The number of allylic oxidation sites excluding steroid dienone is 6. The molecule has 8 fully saturated rings. The van der Waals surface area contributed by atoms with Crippen molar-refractivity contribution >= 4 is 12.2 Å². The van der Waals surface area contributed by atoms with Gasteiger partial charge < -0.3 is 51.1 Å². The standard InChI is InChI=1S/C8H10.2C8H6.2C7H13N.C7H10.C6H11N.5C2H6.2Y/c1-6-7-2-3-8(6)5-4-7;2*1-2-8-6-4-3-5-7-8;1-4-8-5-2-7(1)3-6-8;1-8-6-2-3-7(8)5-4-6;1-2-7-4-3-6(1)5-7;1-3-7-4-2-6(1)5-7;5*1-2;;/h2-8H,1H3;2*1-6H;7H,1-6H2;6-7H,2-5H2,1H3;1-2,6-7H,3-5H2;6H,1-5H2;5*1-2H3;;/q;2*-2;;;;;;;;;;;. The van der Waals surface area contributed by atoms with Gasteiger partial charge in [-0.3, -0.25) is 0 Å². The molecule has 66 heavy (non-hydrogen) atoms. The monoisotopic (exact) mass is 1050 g/mol. The first kappa shape index (κ1) is 67.3. The molecule has 2 atom stereocenters. The average molecular weight is 1050 g/mol. The molecule has 10 bridgehead atoms. The third-order valence-corrected chi connectivity index (χ3v) is 13.9. The van der Waals surface area contributed by atoms with Gasteiger partial charge in [0.05, 0.1) is 0 Å². The fourth-order valence-electron chi connectivity index (χ4n) is 10.1. The van der Waals surface area contributed by atoms with E-state index in [9.17, 15) is 0 Å². The van der Waals surface area contributed by atoms with Gasteiger partial charge in [-0.25, -0.2) is 24.3 Å². The van der Waals surface area contributed by atoms with Crippen LogP contribution in [-0.4, -0.2) is 73.1 Å². The largest absolute Gasteiger partial charge is 0.344 e. The molecule has 2 radical (unpaired) electrons. The van der Waals surface area contributed by atoms with Gasteiger partial charge >= 0.3 is 0 Å². The van der Waals surface area contributed by atoms with Crippen LogP contribution >= 0.6 is 0 Å². The molecule has 0 aromatic heterocycles. The van der Waals surface area contributed by atoms with Crippen molar-refractivity contribution in [1.29, 1.82) is 0 Å². The Bertz CT molecular complexity index is 1340. The van der Waals surface area contributed by atoms with E-state index in [0.29, 0.717) is 0 Å². The minimum atomic E-state index is 0. The van der Waals surface area contributed by atoms with Gasteiger partial charge in [0.15, 0.2) is 0 Å². The van der Waals surface area contributed by atoms with Crippen molar-refractivity contribution in [3.63, 3.8) is 0 Å². The van der Waals surface area contributed by atoms with E-state index in [1.54, 1.807) is 0 Å². The van der Waals surface area contributed by atoms with Crippen LogP contribution < -0.4 is 0 Å². The summed E-state index contributed by atoms with van der Waals surface area (Å²) in [5.41, 5.74) is 1.88. The van der Waals surface area contributed by atoms with Crippen LogP contribution in [0.3, 0.4) is 0 Å². The van der Waals surface area contributed by atoms with Crippen molar-refractivity contribution in [2.75, 3.05) is 46.3 Å². The normalized spacial score (nSPS) is 29.4.